The summed E-state index contributed by atoms with van der Waals surface area (Å²) in [5.74, 6) is 0.136. The van der Waals surface area contributed by atoms with Gasteiger partial charge in [-0.3, -0.25) is 4.79 Å². The Hall–Kier alpha value is -3.70. The second-order valence-corrected chi connectivity index (χ2v) is 7.96. The van der Waals surface area contributed by atoms with Crippen LogP contribution in [0.4, 0.5) is 0 Å². The predicted octanol–water partition coefficient (Wildman–Crippen LogP) is 2.98. The largest absolute Gasteiger partial charge is 0.493 e. The number of amides is 1. The number of ether oxygens (including phenoxy) is 1. The van der Waals surface area contributed by atoms with E-state index in [2.05, 4.69) is 21.5 Å². The highest BCUT2D eigenvalue weighted by Gasteiger charge is 2.42. The van der Waals surface area contributed by atoms with E-state index in [4.69, 9.17) is 10.00 Å². The van der Waals surface area contributed by atoms with Gasteiger partial charge in [0, 0.05) is 25.3 Å². The van der Waals surface area contributed by atoms with E-state index in [0.29, 0.717) is 35.7 Å². The number of pyridine rings is 1. The third-order valence-electron chi connectivity index (χ3n) is 5.65. The Morgan fingerprint density at radius 1 is 1.29 bits per heavy atom. The van der Waals surface area contributed by atoms with E-state index in [1.54, 1.807) is 43.6 Å². The van der Waals surface area contributed by atoms with Crippen molar-refractivity contribution >= 4 is 5.91 Å². The zero-order chi connectivity index (χ0) is 22.0. The minimum atomic E-state index is -0.194. The molecular weight excluding hydrogens is 394 g/mol. The number of aryl methyl sites for hydroxylation is 1. The highest BCUT2D eigenvalue weighted by molar-refractivity contribution is 5.94. The molecule has 1 fully saturated rings. The Morgan fingerprint density at radius 3 is 2.71 bits per heavy atom. The highest BCUT2D eigenvalue weighted by Crippen LogP contribution is 2.45. The second-order valence-electron chi connectivity index (χ2n) is 7.96. The Balaban J connectivity index is 1.50. The van der Waals surface area contributed by atoms with Crippen LogP contribution in [0.1, 0.15) is 34.3 Å². The van der Waals surface area contributed by atoms with Crippen molar-refractivity contribution in [3.05, 3.63) is 59.4 Å². The van der Waals surface area contributed by atoms with Crippen LogP contribution in [0.2, 0.25) is 0 Å². The number of hydrogen-bond donors (Lipinski definition) is 2. The van der Waals surface area contributed by atoms with Crippen LogP contribution in [0.25, 0.3) is 16.9 Å². The van der Waals surface area contributed by atoms with Crippen molar-refractivity contribution in [2.45, 2.75) is 19.8 Å². The second kappa shape index (κ2) is 8.20. The molecule has 4 rings (SSSR count). The minimum absolute atomic E-state index is 0.0623. The Morgan fingerprint density at radius 2 is 2.10 bits per heavy atom. The molecule has 1 aromatic carbocycles. The van der Waals surface area contributed by atoms with Gasteiger partial charge in [0.2, 0.25) is 5.88 Å². The lowest BCUT2D eigenvalue weighted by atomic mass is 10.0. The number of rotatable bonds is 7. The fourth-order valence-corrected chi connectivity index (χ4v) is 3.61. The maximum Gasteiger partial charge on any atom is 0.252 e. The van der Waals surface area contributed by atoms with Crippen LogP contribution in [0, 0.1) is 23.7 Å². The van der Waals surface area contributed by atoms with Gasteiger partial charge in [-0.15, -0.1) is 0 Å². The van der Waals surface area contributed by atoms with Crippen molar-refractivity contribution in [1.82, 2.24) is 20.1 Å². The lowest BCUT2D eigenvalue weighted by molar-refractivity contribution is 0.0919. The van der Waals surface area contributed by atoms with Gasteiger partial charge >= 0.3 is 0 Å². The first kappa shape index (κ1) is 20.6. The van der Waals surface area contributed by atoms with Gasteiger partial charge in [0.25, 0.3) is 5.91 Å². The first-order valence-electron chi connectivity index (χ1n) is 9.98. The number of aromatic hydroxyl groups is 1. The van der Waals surface area contributed by atoms with Gasteiger partial charge in [0.1, 0.15) is 0 Å². The number of carbonyl (C=O) groups excluding carboxylic acids is 1. The summed E-state index contributed by atoms with van der Waals surface area (Å²) >= 11 is 0. The molecule has 1 aliphatic rings. The van der Waals surface area contributed by atoms with Crippen LogP contribution < -0.4 is 5.32 Å². The number of carbonyl (C=O) groups is 1. The maximum atomic E-state index is 12.4. The lowest BCUT2D eigenvalue weighted by Crippen LogP contribution is -2.32. The van der Waals surface area contributed by atoms with Crippen LogP contribution in [0.15, 0.2) is 42.7 Å². The topological polar surface area (TPSA) is 113 Å². The van der Waals surface area contributed by atoms with E-state index < -0.39 is 0 Å². The van der Waals surface area contributed by atoms with E-state index in [-0.39, 0.29) is 17.2 Å². The number of nitriles is 1. The smallest absolute Gasteiger partial charge is 0.252 e. The van der Waals surface area contributed by atoms with Crippen LogP contribution in [0.5, 0.6) is 5.88 Å². The molecule has 0 bridgehead atoms. The van der Waals surface area contributed by atoms with E-state index in [1.165, 1.54) is 10.9 Å². The lowest BCUT2D eigenvalue weighted by Gasteiger charge is -2.14. The number of aromatic nitrogens is 3. The number of nitrogens with zero attached hydrogens (tertiary/aromatic N) is 4. The fraction of sp³-hybridized carbons (Fsp3) is 0.304. The van der Waals surface area contributed by atoms with E-state index in [9.17, 15) is 9.90 Å². The van der Waals surface area contributed by atoms with Crippen molar-refractivity contribution in [2.24, 2.45) is 5.41 Å². The monoisotopic (exact) mass is 417 g/mol. The predicted molar refractivity (Wildman–Crippen MR) is 114 cm³/mol. The molecule has 1 aliphatic carbocycles. The summed E-state index contributed by atoms with van der Waals surface area (Å²) in [6, 6.07) is 10.6. The van der Waals surface area contributed by atoms with Gasteiger partial charge in [-0.2, -0.15) is 15.0 Å². The molecule has 0 unspecified atom stereocenters. The molecule has 2 heterocycles. The summed E-state index contributed by atoms with van der Waals surface area (Å²) in [6.45, 7) is 3.09. The Kier molecular flexibility index (Phi) is 5.44. The SMILES string of the molecule is COCC1(CNC(=O)c2ccc(-n3ncc(-c4ccc(C#N)cc4C)c3O)nc2)CC1. The highest BCUT2D eigenvalue weighted by atomic mass is 16.5. The Labute approximate surface area is 180 Å². The van der Waals surface area contributed by atoms with Crippen molar-refractivity contribution in [1.29, 1.82) is 5.26 Å². The van der Waals surface area contributed by atoms with E-state index in [1.807, 2.05) is 6.92 Å². The zero-order valence-corrected chi connectivity index (χ0v) is 17.4. The summed E-state index contributed by atoms with van der Waals surface area (Å²) < 4.78 is 6.54. The molecule has 0 atom stereocenters. The first-order chi connectivity index (χ1) is 15.0. The van der Waals surface area contributed by atoms with Gasteiger partial charge < -0.3 is 15.2 Å². The molecule has 8 nitrogen and oxygen atoms in total. The van der Waals surface area contributed by atoms with Crippen LogP contribution in [-0.4, -0.2) is 46.0 Å². The molecule has 0 radical (unpaired) electrons. The third-order valence-corrected chi connectivity index (χ3v) is 5.65. The summed E-state index contributed by atoms with van der Waals surface area (Å²) in [7, 11) is 1.67. The summed E-state index contributed by atoms with van der Waals surface area (Å²) in [6.07, 6.45) is 5.13. The number of methoxy groups -OCH3 is 1. The molecular formula is C23H23N5O3. The molecule has 0 spiro atoms. The molecule has 8 heteroatoms. The van der Waals surface area contributed by atoms with Crippen molar-refractivity contribution in [3.8, 4) is 28.9 Å². The molecule has 3 aromatic rings. The molecule has 0 saturated heterocycles. The fourth-order valence-electron chi connectivity index (χ4n) is 3.61. The molecule has 1 amide bonds. The van der Waals surface area contributed by atoms with Crippen LogP contribution >= 0.6 is 0 Å². The number of hydrogen-bond acceptors (Lipinski definition) is 6. The summed E-state index contributed by atoms with van der Waals surface area (Å²) in [5.41, 5.74) is 3.24. The Bertz CT molecular complexity index is 1160. The van der Waals surface area contributed by atoms with Gasteiger partial charge in [0.15, 0.2) is 5.82 Å². The van der Waals surface area contributed by atoms with Gasteiger partial charge in [-0.05, 0) is 55.2 Å². The molecule has 158 valence electrons. The summed E-state index contributed by atoms with van der Waals surface area (Å²) in [5, 5.41) is 26.9. The molecule has 1 saturated carbocycles. The number of nitrogens with one attached hydrogen (secondary N) is 1. The number of benzene rings is 1. The van der Waals surface area contributed by atoms with Crippen LogP contribution in [-0.2, 0) is 4.74 Å². The standard InChI is InChI=1S/C23H23N5O3/c1-15-9-16(10-24)3-5-18(15)19-12-27-28(22(19)30)20-6-4-17(11-25-20)21(29)26-13-23(7-8-23)14-31-2/h3-6,9,11-12,30H,7-8,13-14H2,1-2H3,(H,26,29). The van der Waals surface area contributed by atoms with Gasteiger partial charge in [-0.1, -0.05) is 6.07 Å². The zero-order valence-electron chi connectivity index (χ0n) is 17.4. The maximum absolute atomic E-state index is 12.4. The van der Waals surface area contributed by atoms with E-state index >= 15 is 0 Å². The quantitative estimate of drug-likeness (QED) is 0.611. The molecule has 31 heavy (non-hydrogen) atoms. The molecule has 0 aliphatic heterocycles. The summed E-state index contributed by atoms with van der Waals surface area (Å²) in [4.78, 5) is 16.7. The van der Waals surface area contributed by atoms with Gasteiger partial charge in [0.05, 0.1) is 35.6 Å². The molecule has 2 N–H and O–H groups in total. The first-order valence-corrected chi connectivity index (χ1v) is 9.98. The van der Waals surface area contributed by atoms with Crippen molar-refractivity contribution in [2.75, 3.05) is 20.3 Å². The minimum Gasteiger partial charge on any atom is -0.493 e. The van der Waals surface area contributed by atoms with Gasteiger partial charge in [-0.25, -0.2) is 4.98 Å². The van der Waals surface area contributed by atoms with Crippen molar-refractivity contribution in [3.63, 3.8) is 0 Å². The average molecular weight is 417 g/mol. The van der Waals surface area contributed by atoms with E-state index in [0.717, 1.165) is 24.0 Å². The van der Waals surface area contributed by atoms with Crippen molar-refractivity contribution < 1.29 is 14.6 Å². The molecule has 2 aromatic heterocycles. The normalized spacial score (nSPS) is 14.1. The van der Waals surface area contributed by atoms with Crippen LogP contribution in [0.3, 0.4) is 0 Å². The third kappa shape index (κ3) is 4.13. The average Bonchev–Trinajstić information content (AvgIpc) is 3.45.